The number of carboxylic acids is 1. The van der Waals surface area contributed by atoms with Gasteiger partial charge in [0.25, 0.3) is 0 Å². The summed E-state index contributed by atoms with van der Waals surface area (Å²) >= 11 is 1.38. The van der Waals surface area contributed by atoms with Gasteiger partial charge in [-0.25, -0.2) is 9.78 Å². The van der Waals surface area contributed by atoms with Gasteiger partial charge in [-0.3, -0.25) is 0 Å². The minimum Gasteiger partial charge on any atom is -0.497 e. The Hall–Kier alpha value is -3.37. The van der Waals surface area contributed by atoms with Crippen LogP contribution in [0.25, 0.3) is 28.0 Å². The third-order valence-electron chi connectivity index (χ3n) is 3.86. The predicted octanol–water partition coefficient (Wildman–Crippen LogP) is 3.82. The molecule has 130 valence electrons. The van der Waals surface area contributed by atoms with E-state index in [1.807, 2.05) is 41.9 Å². The van der Waals surface area contributed by atoms with Crippen LogP contribution in [-0.2, 0) is 11.8 Å². The lowest BCUT2D eigenvalue weighted by Gasteiger charge is -2.06. The number of carboxylic acid groups (broad SMARTS) is 1. The number of imidazole rings is 1. The van der Waals surface area contributed by atoms with E-state index in [0.29, 0.717) is 4.88 Å². The number of aromatic nitrogens is 2. The Bertz CT molecular complexity index is 1020. The van der Waals surface area contributed by atoms with Gasteiger partial charge in [0.2, 0.25) is 0 Å². The average Bonchev–Trinajstić information content (AvgIpc) is 3.25. The summed E-state index contributed by atoms with van der Waals surface area (Å²) in [6, 6.07) is 13.1. The molecule has 2 aromatic heterocycles. The van der Waals surface area contributed by atoms with Crippen LogP contribution in [0.15, 0.2) is 48.2 Å². The van der Waals surface area contributed by atoms with E-state index in [-0.39, 0.29) is 5.57 Å². The summed E-state index contributed by atoms with van der Waals surface area (Å²) in [6.07, 6.45) is 3.16. The molecule has 2 heterocycles. The van der Waals surface area contributed by atoms with E-state index >= 15 is 0 Å². The third-order valence-corrected chi connectivity index (χ3v) is 4.89. The van der Waals surface area contributed by atoms with Crippen LogP contribution in [0.3, 0.4) is 0 Å². The maximum atomic E-state index is 11.0. The van der Waals surface area contributed by atoms with Gasteiger partial charge in [0.15, 0.2) is 0 Å². The second kappa shape index (κ2) is 7.25. The maximum absolute atomic E-state index is 11.0. The first-order valence-corrected chi connectivity index (χ1v) is 8.46. The second-order valence-electron chi connectivity index (χ2n) is 5.43. The van der Waals surface area contributed by atoms with Crippen molar-refractivity contribution in [2.75, 3.05) is 7.11 Å². The van der Waals surface area contributed by atoms with Gasteiger partial charge in [-0.15, -0.1) is 11.3 Å². The summed E-state index contributed by atoms with van der Waals surface area (Å²) in [5, 5.41) is 17.8. The summed E-state index contributed by atoms with van der Waals surface area (Å²) in [6.45, 7) is 0. The zero-order valence-electron chi connectivity index (χ0n) is 14.1. The molecule has 3 aromatic rings. The number of methoxy groups -OCH3 is 1. The van der Waals surface area contributed by atoms with Crippen molar-refractivity contribution in [1.82, 2.24) is 9.55 Å². The molecule has 1 N–H and O–H groups in total. The summed E-state index contributed by atoms with van der Waals surface area (Å²) in [7, 11) is 3.55. The van der Waals surface area contributed by atoms with E-state index in [1.165, 1.54) is 17.4 Å². The molecule has 0 fully saturated rings. The number of ether oxygens (including phenoxy) is 1. The molecule has 0 aliphatic carbocycles. The first-order valence-electron chi connectivity index (χ1n) is 7.65. The fourth-order valence-corrected chi connectivity index (χ4v) is 3.49. The standard InChI is InChI=1S/C19H15N3O3S/c1-22-16(12-3-5-14(25-2)6-4-12)11-21-18(22)17-8-7-15(26-17)9-13(10-20)19(23)24/h3-9,11H,1-2H3,(H,23,24)/b13-9+. The molecule has 0 saturated carbocycles. The Labute approximate surface area is 154 Å². The SMILES string of the molecule is COc1ccc(-c2cnc(-c3ccc(/C=C(\C#N)C(=O)O)s3)n2C)cc1. The zero-order chi connectivity index (χ0) is 18.7. The topological polar surface area (TPSA) is 88.1 Å². The summed E-state index contributed by atoms with van der Waals surface area (Å²) in [5.74, 6) is 0.327. The number of rotatable bonds is 5. The Morgan fingerprint density at radius 3 is 2.65 bits per heavy atom. The number of carbonyl (C=O) groups is 1. The highest BCUT2D eigenvalue weighted by atomic mass is 32.1. The quantitative estimate of drug-likeness (QED) is 0.548. The maximum Gasteiger partial charge on any atom is 0.346 e. The van der Waals surface area contributed by atoms with E-state index in [4.69, 9.17) is 15.1 Å². The summed E-state index contributed by atoms with van der Waals surface area (Å²) in [5.41, 5.74) is 1.68. The van der Waals surface area contributed by atoms with Gasteiger partial charge in [0.1, 0.15) is 23.2 Å². The van der Waals surface area contributed by atoms with Crippen LogP contribution in [0.1, 0.15) is 4.88 Å². The van der Waals surface area contributed by atoms with E-state index in [0.717, 1.165) is 27.7 Å². The second-order valence-corrected chi connectivity index (χ2v) is 6.55. The van der Waals surface area contributed by atoms with Gasteiger partial charge in [0.05, 0.1) is 23.9 Å². The molecule has 0 atom stereocenters. The molecule has 0 bridgehead atoms. The molecule has 1 aromatic carbocycles. The molecule has 0 aliphatic heterocycles. The highest BCUT2D eigenvalue weighted by molar-refractivity contribution is 7.16. The van der Waals surface area contributed by atoms with Crippen molar-refractivity contribution in [3.63, 3.8) is 0 Å². The lowest BCUT2D eigenvalue weighted by atomic mass is 10.1. The van der Waals surface area contributed by atoms with E-state index in [1.54, 1.807) is 25.4 Å². The fraction of sp³-hybridized carbons (Fsp3) is 0.105. The average molecular weight is 365 g/mol. The van der Waals surface area contributed by atoms with Gasteiger partial charge >= 0.3 is 5.97 Å². The molecule has 0 radical (unpaired) electrons. The van der Waals surface area contributed by atoms with Gasteiger partial charge < -0.3 is 14.4 Å². The molecule has 0 amide bonds. The van der Waals surface area contributed by atoms with Crippen molar-refractivity contribution in [2.45, 2.75) is 0 Å². The highest BCUT2D eigenvalue weighted by Gasteiger charge is 2.13. The van der Waals surface area contributed by atoms with Crippen LogP contribution >= 0.6 is 11.3 Å². The number of hydrogen-bond acceptors (Lipinski definition) is 5. The van der Waals surface area contributed by atoms with Gasteiger partial charge in [-0.05, 0) is 42.5 Å². The number of nitriles is 1. The summed E-state index contributed by atoms with van der Waals surface area (Å²) < 4.78 is 7.16. The number of benzene rings is 1. The number of nitrogens with zero attached hydrogens (tertiary/aromatic N) is 3. The van der Waals surface area contributed by atoms with Crippen molar-refractivity contribution in [3.05, 3.63) is 53.0 Å². The normalized spacial score (nSPS) is 11.2. The van der Waals surface area contributed by atoms with Crippen molar-refractivity contribution < 1.29 is 14.6 Å². The van der Waals surface area contributed by atoms with Crippen LogP contribution in [0, 0.1) is 11.3 Å². The van der Waals surface area contributed by atoms with Crippen molar-refractivity contribution >= 4 is 23.4 Å². The zero-order valence-corrected chi connectivity index (χ0v) is 14.9. The minimum atomic E-state index is -1.23. The van der Waals surface area contributed by atoms with Crippen LogP contribution < -0.4 is 4.74 Å². The number of aliphatic carboxylic acids is 1. The predicted molar refractivity (Wildman–Crippen MR) is 99.7 cm³/mol. The first kappa shape index (κ1) is 17.5. The van der Waals surface area contributed by atoms with Crippen LogP contribution in [0.4, 0.5) is 0 Å². The molecule has 26 heavy (non-hydrogen) atoms. The molecule has 0 spiro atoms. The number of thiophene rings is 1. The largest absolute Gasteiger partial charge is 0.497 e. The first-order chi connectivity index (χ1) is 12.5. The fourth-order valence-electron chi connectivity index (χ4n) is 2.50. The molecule has 0 unspecified atom stereocenters. The monoisotopic (exact) mass is 365 g/mol. The Morgan fingerprint density at radius 2 is 2.04 bits per heavy atom. The van der Waals surface area contributed by atoms with Crippen LogP contribution in [0.2, 0.25) is 0 Å². The van der Waals surface area contributed by atoms with E-state index < -0.39 is 5.97 Å². The highest BCUT2D eigenvalue weighted by Crippen LogP contribution is 2.31. The molecule has 7 heteroatoms. The third kappa shape index (κ3) is 3.36. The molecule has 0 saturated heterocycles. The van der Waals surface area contributed by atoms with Crippen molar-refractivity contribution in [3.8, 4) is 33.8 Å². The number of hydrogen-bond donors (Lipinski definition) is 1. The minimum absolute atomic E-state index is 0.294. The Kier molecular flexibility index (Phi) is 4.87. The van der Waals surface area contributed by atoms with Gasteiger partial charge in [-0.2, -0.15) is 5.26 Å². The smallest absolute Gasteiger partial charge is 0.346 e. The van der Waals surface area contributed by atoms with Gasteiger partial charge in [-0.1, -0.05) is 0 Å². The molecule has 0 aliphatic rings. The van der Waals surface area contributed by atoms with Crippen LogP contribution in [0.5, 0.6) is 5.75 Å². The molecular formula is C19H15N3O3S. The van der Waals surface area contributed by atoms with E-state index in [2.05, 4.69) is 4.98 Å². The lowest BCUT2D eigenvalue weighted by molar-refractivity contribution is -0.132. The van der Waals surface area contributed by atoms with Crippen molar-refractivity contribution in [2.24, 2.45) is 7.05 Å². The molecule has 3 rings (SSSR count). The van der Waals surface area contributed by atoms with E-state index in [9.17, 15) is 4.79 Å². The van der Waals surface area contributed by atoms with Gasteiger partial charge in [0, 0.05) is 17.5 Å². The molecular weight excluding hydrogens is 350 g/mol. The van der Waals surface area contributed by atoms with Crippen LogP contribution in [-0.4, -0.2) is 27.7 Å². The van der Waals surface area contributed by atoms with Crippen molar-refractivity contribution in [1.29, 1.82) is 5.26 Å². The Balaban J connectivity index is 1.93. The molecule has 6 nitrogen and oxygen atoms in total. The Morgan fingerprint density at radius 1 is 1.31 bits per heavy atom. The lowest BCUT2D eigenvalue weighted by Crippen LogP contribution is -1.96. The summed E-state index contributed by atoms with van der Waals surface area (Å²) in [4.78, 5) is 17.0.